The van der Waals surface area contributed by atoms with Gasteiger partial charge in [0.15, 0.2) is 0 Å². The number of hydrogen-bond donors (Lipinski definition) is 0. The molecule has 0 aliphatic heterocycles. The van der Waals surface area contributed by atoms with Crippen molar-refractivity contribution in [3.8, 4) is 0 Å². The number of aryl methyl sites for hydroxylation is 1. The van der Waals surface area contributed by atoms with Gasteiger partial charge >= 0.3 is 0 Å². The Bertz CT molecular complexity index is 518. The zero-order valence-electron chi connectivity index (χ0n) is 10.4. The summed E-state index contributed by atoms with van der Waals surface area (Å²) in [6, 6.07) is 12.9. The van der Waals surface area contributed by atoms with E-state index in [9.17, 15) is 0 Å². The molecule has 1 aliphatic rings. The number of furan rings is 1. The third kappa shape index (κ3) is 2.03. The molecule has 2 aromatic rings. The molecule has 1 atom stereocenters. The lowest BCUT2D eigenvalue weighted by atomic mass is 9.69. The molecule has 0 spiro atoms. The summed E-state index contributed by atoms with van der Waals surface area (Å²) in [5.41, 5.74) is 3.21. The average molecular weight is 305 g/mol. The predicted molar refractivity (Wildman–Crippen MR) is 77.3 cm³/mol. The van der Waals surface area contributed by atoms with Crippen LogP contribution in [0.1, 0.15) is 29.7 Å². The van der Waals surface area contributed by atoms with Crippen molar-refractivity contribution in [2.75, 3.05) is 5.33 Å². The maximum absolute atomic E-state index is 5.56. The average Bonchev–Trinajstić information content (AvgIpc) is 2.92. The Morgan fingerprint density at radius 3 is 2.83 bits per heavy atom. The van der Waals surface area contributed by atoms with E-state index in [0.29, 0.717) is 0 Å². The molecule has 94 valence electrons. The molecule has 1 unspecified atom stereocenters. The van der Waals surface area contributed by atoms with E-state index in [1.165, 1.54) is 30.4 Å². The number of fused-ring (bicyclic) bond motifs is 1. The summed E-state index contributed by atoms with van der Waals surface area (Å²) >= 11 is 3.74. The second-order valence-electron chi connectivity index (χ2n) is 5.18. The van der Waals surface area contributed by atoms with Gasteiger partial charge in [-0.3, -0.25) is 0 Å². The van der Waals surface area contributed by atoms with Gasteiger partial charge in [-0.1, -0.05) is 40.2 Å². The fraction of sp³-hybridized carbons (Fsp3) is 0.375. The molecule has 3 rings (SSSR count). The van der Waals surface area contributed by atoms with Gasteiger partial charge < -0.3 is 4.42 Å². The van der Waals surface area contributed by atoms with Crippen molar-refractivity contribution in [1.82, 2.24) is 0 Å². The molecule has 1 aromatic carbocycles. The molecule has 1 aliphatic carbocycles. The number of alkyl halides is 1. The second kappa shape index (κ2) is 4.93. The van der Waals surface area contributed by atoms with Crippen LogP contribution in [-0.2, 0) is 18.3 Å². The summed E-state index contributed by atoms with van der Waals surface area (Å²) in [5.74, 6) is 1.09. The van der Waals surface area contributed by atoms with Gasteiger partial charge in [0.2, 0.25) is 0 Å². The Morgan fingerprint density at radius 1 is 1.17 bits per heavy atom. The Morgan fingerprint density at radius 2 is 2.06 bits per heavy atom. The first-order valence-corrected chi connectivity index (χ1v) is 7.63. The van der Waals surface area contributed by atoms with Crippen LogP contribution >= 0.6 is 15.9 Å². The number of benzene rings is 1. The lowest BCUT2D eigenvalue weighted by molar-refractivity contribution is 0.364. The Balaban J connectivity index is 2.02. The quantitative estimate of drug-likeness (QED) is 0.761. The highest BCUT2D eigenvalue weighted by Crippen LogP contribution is 2.41. The topological polar surface area (TPSA) is 13.1 Å². The molecule has 1 heterocycles. The Labute approximate surface area is 116 Å². The summed E-state index contributed by atoms with van der Waals surface area (Å²) in [6.07, 6.45) is 6.47. The first kappa shape index (κ1) is 12.0. The van der Waals surface area contributed by atoms with Crippen LogP contribution in [0, 0.1) is 0 Å². The molecule has 0 saturated carbocycles. The largest absolute Gasteiger partial charge is 0.469 e. The molecule has 0 bridgehead atoms. The van der Waals surface area contributed by atoms with E-state index in [2.05, 4.69) is 46.3 Å². The molecule has 0 N–H and O–H groups in total. The van der Waals surface area contributed by atoms with Crippen molar-refractivity contribution < 1.29 is 4.42 Å². The van der Waals surface area contributed by atoms with Crippen molar-refractivity contribution in [1.29, 1.82) is 0 Å². The van der Waals surface area contributed by atoms with Gasteiger partial charge in [-0.25, -0.2) is 0 Å². The Kier molecular flexibility index (Phi) is 3.29. The van der Waals surface area contributed by atoms with Gasteiger partial charge in [0.1, 0.15) is 5.76 Å². The summed E-state index contributed by atoms with van der Waals surface area (Å²) in [7, 11) is 0. The van der Waals surface area contributed by atoms with Crippen LogP contribution in [0.2, 0.25) is 0 Å². The minimum atomic E-state index is 0.201. The van der Waals surface area contributed by atoms with Crippen molar-refractivity contribution in [3.63, 3.8) is 0 Å². The number of hydrogen-bond acceptors (Lipinski definition) is 1. The summed E-state index contributed by atoms with van der Waals surface area (Å²) < 4.78 is 5.56. The Hall–Kier alpha value is -1.02. The maximum Gasteiger partial charge on any atom is 0.104 e. The lowest BCUT2D eigenvalue weighted by Crippen LogP contribution is -2.34. The van der Waals surface area contributed by atoms with Gasteiger partial charge in [0, 0.05) is 17.2 Å². The van der Waals surface area contributed by atoms with Gasteiger partial charge in [-0.15, -0.1) is 0 Å². The van der Waals surface area contributed by atoms with Crippen molar-refractivity contribution in [3.05, 3.63) is 59.5 Å². The van der Waals surface area contributed by atoms with Crippen LogP contribution in [-0.4, -0.2) is 5.33 Å². The van der Waals surface area contributed by atoms with Crippen molar-refractivity contribution >= 4 is 15.9 Å². The molecule has 1 nitrogen and oxygen atoms in total. The first-order chi connectivity index (χ1) is 8.84. The van der Waals surface area contributed by atoms with Crippen LogP contribution < -0.4 is 0 Å². The van der Waals surface area contributed by atoms with E-state index in [0.717, 1.165) is 17.5 Å². The van der Waals surface area contributed by atoms with E-state index >= 15 is 0 Å². The van der Waals surface area contributed by atoms with Crippen LogP contribution in [0.4, 0.5) is 0 Å². The van der Waals surface area contributed by atoms with Gasteiger partial charge in [-0.05, 0) is 42.5 Å². The molecule has 0 saturated heterocycles. The zero-order valence-corrected chi connectivity index (χ0v) is 11.9. The maximum atomic E-state index is 5.56. The molecule has 2 heteroatoms. The molecule has 1 aromatic heterocycles. The molecule has 0 radical (unpaired) electrons. The molecule has 0 fully saturated rings. The zero-order chi connectivity index (χ0) is 12.4. The molecular formula is C16H17BrO. The number of halogens is 1. The van der Waals surface area contributed by atoms with E-state index in [4.69, 9.17) is 4.42 Å². The normalized spacial score (nSPS) is 22.7. The molecule has 18 heavy (non-hydrogen) atoms. The van der Waals surface area contributed by atoms with Crippen LogP contribution in [0.15, 0.2) is 47.1 Å². The molecule has 0 amide bonds. The second-order valence-corrected chi connectivity index (χ2v) is 5.74. The van der Waals surface area contributed by atoms with E-state index < -0.39 is 0 Å². The van der Waals surface area contributed by atoms with Gasteiger partial charge in [0.05, 0.1) is 6.26 Å². The minimum absolute atomic E-state index is 0.201. The highest BCUT2D eigenvalue weighted by Gasteiger charge is 2.36. The highest BCUT2D eigenvalue weighted by atomic mass is 79.9. The van der Waals surface area contributed by atoms with Gasteiger partial charge in [0.25, 0.3) is 0 Å². The highest BCUT2D eigenvalue weighted by molar-refractivity contribution is 9.09. The minimum Gasteiger partial charge on any atom is -0.469 e. The van der Waals surface area contributed by atoms with E-state index in [-0.39, 0.29) is 5.41 Å². The smallest absolute Gasteiger partial charge is 0.104 e. The number of rotatable bonds is 3. The summed E-state index contributed by atoms with van der Waals surface area (Å²) in [5, 5.41) is 0.998. The first-order valence-electron chi connectivity index (χ1n) is 6.51. The third-order valence-corrected chi connectivity index (χ3v) is 5.11. The van der Waals surface area contributed by atoms with Crippen LogP contribution in [0.5, 0.6) is 0 Å². The SMILES string of the molecule is BrCC1(Cc2ccco2)CCCc2ccccc21. The fourth-order valence-electron chi connectivity index (χ4n) is 3.12. The standard InChI is InChI=1S/C16H17BrO/c17-12-16(11-14-7-4-10-18-14)9-3-6-13-5-1-2-8-15(13)16/h1-2,4-5,7-8,10H,3,6,9,11-12H2. The van der Waals surface area contributed by atoms with E-state index in [1.807, 2.05) is 6.07 Å². The summed E-state index contributed by atoms with van der Waals surface area (Å²) in [6.45, 7) is 0. The fourth-order valence-corrected chi connectivity index (χ4v) is 3.90. The summed E-state index contributed by atoms with van der Waals surface area (Å²) in [4.78, 5) is 0. The molecular weight excluding hydrogens is 288 g/mol. The van der Waals surface area contributed by atoms with Crippen LogP contribution in [0.25, 0.3) is 0 Å². The predicted octanol–water partition coefficient (Wildman–Crippen LogP) is 4.49. The van der Waals surface area contributed by atoms with Crippen molar-refractivity contribution in [2.45, 2.75) is 31.1 Å². The third-order valence-electron chi connectivity index (χ3n) is 4.04. The lowest BCUT2D eigenvalue weighted by Gasteiger charge is -2.37. The van der Waals surface area contributed by atoms with Crippen molar-refractivity contribution in [2.24, 2.45) is 0 Å². The van der Waals surface area contributed by atoms with Gasteiger partial charge in [-0.2, -0.15) is 0 Å². The van der Waals surface area contributed by atoms with E-state index in [1.54, 1.807) is 6.26 Å². The monoisotopic (exact) mass is 304 g/mol. The van der Waals surface area contributed by atoms with Crippen LogP contribution in [0.3, 0.4) is 0 Å².